The van der Waals surface area contributed by atoms with E-state index in [1.165, 1.54) is 0 Å². The van der Waals surface area contributed by atoms with Crippen molar-refractivity contribution in [2.45, 2.75) is 6.92 Å². The first-order valence-corrected chi connectivity index (χ1v) is 9.46. The molecule has 0 N–H and O–H groups in total. The Balaban J connectivity index is 1.81. The summed E-state index contributed by atoms with van der Waals surface area (Å²) in [4.78, 5) is 7.04. The van der Waals surface area contributed by atoms with E-state index < -0.39 is 0 Å². The van der Waals surface area contributed by atoms with Crippen LogP contribution < -0.4 is 4.90 Å². The van der Waals surface area contributed by atoms with Gasteiger partial charge in [0.1, 0.15) is 10.0 Å². The van der Waals surface area contributed by atoms with Crippen molar-refractivity contribution in [1.29, 1.82) is 5.26 Å². The maximum Gasteiger partial charge on any atom is 0.125 e. The zero-order valence-electron chi connectivity index (χ0n) is 14.8. The van der Waals surface area contributed by atoms with Gasteiger partial charge in [0.15, 0.2) is 0 Å². The lowest BCUT2D eigenvalue weighted by Gasteiger charge is -2.23. The molecular weight excluding hydrogens is 350 g/mol. The monoisotopic (exact) mass is 367 g/mol. The van der Waals surface area contributed by atoms with Crippen LogP contribution in [0.25, 0.3) is 10.6 Å². The number of thiazole rings is 1. The lowest BCUT2D eigenvalue weighted by Crippen LogP contribution is -2.09. The fourth-order valence-electron chi connectivity index (χ4n) is 2.94. The molecule has 1 heterocycles. The number of hydrogen-bond donors (Lipinski definition) is 0. The molecule has 3 nitrogen and oxygen atoms in total. The average Bonchev–Trinajstić information content (AvgIpc) is 3.11. The first-order chi connectivity index (χ1) is 13.3. The van der Waals surface area contributed by atoms with Crippen LogP contribution in [0.3, 0.4) is 0 Å². The molecule has 0 atom stereocenters. The Morgan fingerprint density at radius 3 is 1.89 bits per heavy atom. The van der Waals surface area contributed by atoms with E-state index in [2.05, 4.69) is 35.2 Å². The number of rotatable bonds is 4. The van der Waals surface area contributed by atoms with Gasteiger partial charge in [-0.3, -0.25) is 0 Å². The van der Waals surface area contributed by atoms with E-state index in [9.17, 15) is 0 Å². The minimum absolute atomic E-state index is 0.655. The highest BCUT2D eigenvalue weighted by Gasteiger charge is 2.19. The molecule has 4 aromatic rings. The van der Waals surface area contributed by atoms with Crippen molar-refractivity contribution in [3.05, 3.63) is 96.2 Å². The van der Waals surface area contributed by atoms with Crippen molar-refractivity contribution in [2.24, 2.45) is 0 Å². The zero-order chi connectivity index (χ0) is 18.6. The summed E-state index contributed by atoms with van der Waals surface area (Å²) in [5.41, 5.74) is 4.85. The molecule has 4 heteroatoms. The summed E-state index contributed by atoms with van der Waals surface area (Å²) in [5.74, 6) is 0. The molecular formula is C23H17N3S. The van der Waals surface area contributed by atoms with Gasteiger partial charge in [0.2, 0.25) is 0 Å². The number of anilines is 3. The van der Waals surface area contributed by atoms with Crippen molar-refractivity contribution in [3.8, 4) is 16.6 Å². The lowest BCUT2D eigenvalue weighted by atomic mass is 10.1. The minimum atomic E-state index is 0.655. The summed E-state index contributed by atoms with van der Waals surface area (Å²) in [7, 11) is 0. The van der Waals surface area contributed by atoms with Crippen LogP contribution in [0.1, 0.15) is 11.3 Å². The molecule has 0 saturated carbocycles. The molecule has 0 saturated heterocycles. The normalized spacial score (nSPS) is 10.4. The standard InChI is InChI=1S/C23H17N3S/c1-17-23(27-22(25-17)19-14-12-18(16-24)13-15-19)26(20-8-4-2-5-9-20)21-10-6-3-7-11-21/h2-15H,1H3. The van der Waals surface area contributed by atoms with Crippen LogP contribution in [0.15, 0.2) is 84.9 Å². The lowest BCUT2D eigenvalue weighted by molar-refractivity contribution is 1.21. The van der Waals surface area contributed by atoms with Gasteiger partial charge in [-0.2, -0.15) is 5.26 Å². The number of para-hydroxylation sites is 2. The predicted octanol–water partition coefficient (Wildman–Crippen LogP) is 6.46. The van der Waals surface area contributed by atoms with Crippen LogP contribution in [0, 0.1) is 18.3 Å². The highest BCUT2D eigenvalue weighted by Crippen LogP contribution is 2.42. The predicted molar refractivity (Wildman–Crippen MR) is 112 cm³/mol. The van der Waals surface area contributed by atoms with Gasteiger partial charge in [-0.15, -0.1) is 0 Å². The van der Waals surface area contributed by atoms with Crippen LogP contribution in [-0.4, -0.2) is 4.98 Å². The van der Waals surface area contributed by atoms with Crippen LogP contribution in [-0.2, 0) is 0 Å². The fraction of sp³-hybridized carbons (Fsp3) is 0.0435. The molecule has 0 aliphatic carbocycles. The molecule has 0 radical (unpaired) electrons. The van der Waals surface area contributed by atoms with Gasteiger partial charge in [-0.05, 0) is 43.3 Å². The number of benzene rings is 3. The second kappa shape index (κ2) is 7.45. The van der Waals surface area contributed by atoms with E-state index in [1.807, 2.05) is 67.6 Å². The van der Waals surface area contributed by atoms with E-state index in [-0.39, 0.29) is 0 Å². The quantitative estimate of drug-likeness (QED) is 0.415. The number of nitriles is 1. The molecule has 4 rings (SSSR count). The Morgan fingerprint density at radius 1 is 0.815 bits per heavy atom. The maximum absolute atomic E-state index is 9.00. The third-order valence-corrected chi connectivity index (χ3v) is 5.46. The highest BCUT2D eigenvalue weighted by atomic mass is 32.1. The molecule has 27 heavy (non-hydrogen) atoms. The summed E-state index contributed by atoms with van der Waals surface area (Å²) in [5, 5.41) is 11.0. The van der Waals surface area contributed by atoms with Gasteiger partial charge < -0.3 is 4.90 Å². The first kappa shape index (κ1) is 17.0. The molecule has 0 aliphatic heterocycles. The molecule has 0 spiro atoms. The van der Waals surface area contributed by atoms with Crippen LogP contribution in [0.2, 0.25) is 0 Å². The molecule has 130 valence electrons. The van der Waals surface area contributed by atoms with Crippen LogP contribution in [0.5, 0.6) is 0 Å². The SMILES string of the molecule is Cc1nc(-c2ccc(C#N)cc2)sc1N(c1ccccc1)c1ccccc1. The van der Waals surface area contributed by atoms with Crippen LogP contribution in [0.4, 0.5) is 16.4 Å². The van der Waals surface area contributed by atoms with E-state index in [4.69, 9.17) is 10.2 Å². The van der Waals surface area contributed by atoms with Crippen molar-refractivity contribution in [2.75, 3.05) is 4.90 Å². The summed E-state index contributed by atoms with van der Waals surface area (Å²) in [6.07, 6.45) is 0. The van der Waals surface area contributed by atoms with E-state index >= 15 is 0 Å². The smallest absolute Gasteiger partial charge is 0.125 e. The number of aromatic nitrogens is 1. The van der Waals surface area contributed by atoms with Crippen molar-refractivity contribution < 1.29 is 0 Å². The van der Waals surface area contributed by atoms with Gasteiger partial charge in [-0.1, -0.05) is 59.9 Å². The van der Waals surface area contributed by atoms with E-state index in [0.29, 0.717) is 5.56 Å². The third kappa shape index (κ3) is 3.46. The Morgan fingerprint density at radius 2 is 1.37 bits per heavy atom. The van der Waals surface area contributed by atoms with Gasteiger partial charge in [-0.25, -0.2) is 4.98 Å². The summed E-state index contributed by atoms with van der Waals surface area (Å²) >= 11 is 1.66. The topological polar surface area (TPSA) is 39.9 Å². The largest absolute Gasteiger partial charge is 0.300 e. The van der Waals surface area contributed by atoms with Gasteiger partial charge in [0.05, 0.1) is 17.3 Å². The minimum Gasteiger partial charge on any atom is -0.300 e. The Hall–Kier alpha value is -3.42. The van der Waals surface area contributed by atoms with Crippen LogP contribution >= 0.6 is 11.3 Å². The molecule has 3 aromatic carbocycles. The molecule has 0 aliphatic rings. The van der Waals surface area contributed by atoms with E-state index in [0.717, 1.165) is 32.6 Å². The van der Waals surface area contributed by atoms with Gasteiger partial charge in [0.25, 0.3) is 0 Å². The third-order valence-electron chi connectivity index (χ3n) is 4.26. The molecule has 0 amide bonds. The van der Waals surface area contributed by atoms with E-state index in [1.54, 1.807) is 11.3 Å². The van der Waals surface area contributed by atoms with Crippen molar-refractivity contribution >= 4 is 27.7 Å². The molecule has 0 fully saturated rings. The highest BCUT2D eigenvalue weighted by molar-refractivity contribution is 7.19. The average molecular weight is 367 g/mol. The Kier molecular flexibility index (Phi) is 4.69. The summed E-state index contributed by atoms with van der Waals surface area (Å²) in [6.45, 7) is 2.04. The number of hydrogen-bond acceptors (Lipinski definition) is 4. The molecule has 0 bridgehead atoms. The Bertz CT molecular complexity index is 1040. The summed E-state index contributed by atoms with van der Waals surface area (Å²) in [6, 6.07) is 30.4. The first-order valence-electron chi connectivity index (χ1n) is 8.64. The second-order valence-electron chi connectivity index (χ2n) is 6.11. The molecule has 1 aromatic heterocycles. The number of nitrogens with zero attached hydrogens (tertiary/aromatic N) is 3. The van der Waals surface area contributed by atoms with Gasteiger partial charge in [0, 0.05) is 16.9 Å². The molecule has 0 unspecified atom stereocenters. The van der Waals surface area contributed by atoms with Gasteiger partial charge >= 0.3 is 0 Å². The number of aryl methyl sites for hydroxylation is 1. The Labute approximate surface area is 162 Å². The summed E-state index contributed by atoms with van der Waals surface area (Å²) < 4.78 is 0. The fourth-order valence-corrected chi connectivity index (χ4v) is 4.06. The van der Waals surface area contributed by atoms with Crippen molar-refractivity contribution in [1.82, 2.24) is 4.98 Å². The maximum atomic E-state index is 9.00. The van der Waals surface area contributed by atoms with Crippen molar-refractivity contribution in [3.63, 3.8) is 0 Å². The second-order valence-corrected chi connectivity index (χ2v) is 7.08. The zero-order valence-corrected chi connectivity index (χ0v) is 15.6.